The molecule has 1 aliphatic heterocycles. The van der Waals surface area contributed by atoms with Gasteiger partial charge >= 0.3 is 6.03 Å². The van der Waals surface area contributed by atoms with Crippen LogP contribution in [0.15, 0.2) is 12.1 Å². The molecule has 1 heterocycles. The van der Waals surface area contributed by atoms with E-state index in [1.165, 1.54) is 22.3 Å². The van der Waals surface area contributed by atoms with Crippen molar-refractivity contribution in [2.24, 2.45) is 0 Å². The van der Waals surface area contributed by atoms with Gasteiger partial charge in [0.05, 0.1) is 6.04 Å². The van der Waals surface area contributed by atoms with Crippen LogP contribution in [0.2, 0.25) is 0 Å². The van der Waals surface area contributed by atoms with Gasteiger partial charge in [-0.1, -0.05) is 17.7 Å². The molecule has 1 fully saturated rings. The van der Waals surface area contributed by atoms with E-state index in [9.17, 15) is 4.79 Å². The van der Waals surface area contributed by atoms with Crippen LogP contribution in [0.1, 0.15) is 28.3 Å². The van der Waals surface area contributed by atoms with Crippen molar-refractivity contribution in [3.8, 4) is 0 Å². The SMILES string of the molecule is CNC(CN1CCN(C)C1=O)c1c(C)cc(C)cc1C. The summed E-state index contributed by atoms with van der Waals surface area (Å²) in [6, 6.07) is 4.74. The quantitative estimate of drug-likeness (QED) is 0.914. The van der Waals surface area contributed by atoms with Crippen molar-refractivity contribution >= 4 is 6.03 Å². The molecule has 2 rings (SSSR count). The molecule has 1 N–H and O–H groups in total. The van der Waals surface area contributed by atoms with Crippen molar-refractivity contribution in [1.29, 1.82) is 0 Å². The summed E-state index contributed by atoms with van der Waals surface area (Å²) in [4.78, 5) is 15.7. The van der Waals surface area contributed by atoms with E-state index in [1.54, 1.807) is 4.90 Å². The molecule has 0 spiro atoms. The summed E-state index contributed by atoms with van der Waals surface area (Å²) in [6.45, 7) is 8.79. The Kier molecular flexibility index (Phi) is 4.33. The zero-order chi connectivity index (χ0) is 14.9. The minimum absolute atomic E-state index is 0.132. The largest absolute Gasteiger partial charge is 0.326 e. The number of carbonyl (C=O) groups is 1. The van der Waals surface area contributed by atoms with Crippen LogP contribution in [0.3, 0.4) is 0 Å². The van der Waals surface area contributed by atoms with Gasteiger partial charge in [-0.05, 0) is 44.5 Å². The Morgan fingerprint density at radius 1 is 1.20 bits per heavy atom. The predicted octanol–water partition coefficient (Wildman–Crippen LogP) is 2.24. The highest BCUT2D eigenvalue weighted by Gasteiger charge is 2.28. The molecule has 0 radical (unpaired) electrons. The first-order chi connectivity index (χ1) is 9.43. The average molecular weight is 275 g/mol. The van der Waals surface area contributed by atoms with E-state index < -0.39 is 0 Å². The summed E-state index contributed by atoms with van der Waals surface area (Å²) < 4.78 is 0. The van der Waals surface area contributed by atoms with Gasteiger partial charge in [0.25, 0.3) is 0 Å². The van der Waals surface area contributed by atoms with E-state index in [0.717, 1.165) is 19.6 Å². The van der Waals surface area contributed by atoms with Crippen LogP contribution in [0.5, 0.6) is 0 Å². The van der Waals surface area contributed by atoms with Crippen molar-refractivity contribution in [3.63, 3.8) is 0 Å². The monoisotopic (exact) mass is 275 g/mol. The van der Waals surface area contributed by atoms with E-state index in [-0.39, 0.29) is 12.1 Å². The second kappa shape index (κ2) is 5.83. The average Bonchev–Trinajstić information content (AvgIpc) is 2.68. The lowest BCUT2D eigenvalue weighted by Crippen LogP contribution is -2.37. The fourth-order valence-corrected chi connectivity index (χ4v) is 3.16. The molecule has 1 saturated heterocycles. The second-order valence-electron chi connectivity index (χ2n) is 5.80. The van der Waals surface area contributed by atoms with Crippen LogP contribution in [0.25, 0.3) is 0 Å². The predicted molar refractivity (Wildman–Crippen MR) is 82.1 cm³/mol. The standard InChI is InChI=1S/C16H25N3O/c1-11-8-12(2)15(13(3)9-11)14(17-4)10-19-7-6-18(5)16(19)20/h8-9,14,17H,6-7,10H2,1-5H3. The molecular weight excluding hydrogens is 250 g/mol. The van der Waals surface area contributed by atoms with Crippen molar-refractivity contribution in [2.45, 2.75) is 26.8 Å². The van der Waals surface area contributed by atoms with E-state index in [2.05, 4.69) is 38.2 Å². The van der Waals surface area contributed by atoms with Crippen LogP contribution in [-0.4, -0.2) is 49.6 Å². The molecule has 0 bridgehead atoms. The molecule has 1 aromatic rings. The Labute approximate surface area is 121 Å². The summed E-state index contributed by atoms with van der Waals surface area (Å²) in [5.41, 5.74) is 5.19. The number of rotatable bonds is 4. The number of nitrogens with one attached hydrogen (secondary N) is 1. The first-order valence-corrected chi connectivity index (χ1v) is 7.19. The Morgan fingerprint density at radius 2 is 1.80 bits per heavy atom. The number of amides is 2. The van der Waals surface area contributed by atoms with Gasteiger partial charge in [0.1, 0.15) is 0 Å². The van der Waals surface area contributed by atoms with Crippen molar-refractivity contribution < 1.29 is 4.79 Å². The maximum Gasteiger partial charge on any atom is 0.319 e. The smallest absolute Gasteiger partial charge is 0.319 e. The molecule has 1 aromatic carbocycles. The van der Waals surface area contributed by atoms with Crippen LogP contribution >= 0.6 is 0 Å². The second-order valence-corrected chi connectivity index (χ2v) is 5.80. The number of nitrogens with zero attached hydrogens (tertiary/aromatic N) is 2. The Bertz CT molecular complexity index is 489. The summed E-state index contributed by atoms with van der Waals surface area (Å²) in [6.07, 6.45) is 0. The molecule has 0 saturated carbocycles. The molecular formula is C16H25N3O. The fraction of sp³-hybridized carbons (Fsp3) is 0.562. The lowest BCUT2D eigenvalue weighted by Gasteiger charge is -2.26. The summed E-state index contributed by atoms with van der Waals surface area (Å²) in [5, 5.41) is 3.37. The number of aryl methyl sites for hydroxylation is 3. The van der Waals surface area contributed by atoms with E-state index in [4.69, 9.17) is 0 Å². The number of likely N-dealkylation sites (N-methyl/N-ethyl adjacent to an activating group) is 2. The Balaban J connectivity index is 2.23. The van der Waals surface area contributed by atoms with Gasteiger partial charge in [0.15, 0.2) is 0 Å². The first-order valence-electron chi connectivity index (χ1n) is 7.19. The molecule has 4 nitrogen and oxygen atoms in total. The number of urea groups is 1. The molecule has 0 aromatic heterocycles. The maximum atomic E-state index is 12.0. The zero-order valence-corrected chi connectivity index (χ0v) is 13.2. The fourth-order valence-electron chi connectivity index (χ4n) is 3.16. The molecule has 1 atom stereocenters. The lowest BCUT2D eigenvalue weighted by atomic mass is 9.94. The van der Waals surface area contributed by atoms with Crippen LogP contribution in [0, 0.1) is 20.8 Å². The van der Waals surface area contributed by atoms with Gasteiger partial charge in [0, 0.05) is 26.7 Å². The Hall–Kier alpha value is -1.55. The van der Waals surface area contributed by atoms with Gasteiger partial charge in [-0.25, -0.2) is 4.79 Å². The highest BCUT2D eigenvalue weighted by Crippen LogP contribution is 2.25. The van der Waals surface area contributed by atoms with Gasteiger partial charge in [0.2, 0.25) is 0 Å². The number of benzene rings is 1. The van der Waals surface area contributed by atoms with Crippen LogP contribution in [0.4, 0.5) is 4.79 Å². The molecule has 4 heteroatoms. The van der Waals surface area contributed by atoms with Gasteiger partial charge in [-0.2, -0.15) is 0 Å². The zero-order valence-electron chi connectivity index (χ0n) is 13.2. The number of carbonyl (C=O) groups excluding carboxylic acids is 1. The van der Waals surface area contributed by atoms with Gasteiger partial charge in [-0.15, -0.1) is 0 Å². The van der Waals surface area contributed by atoms with E-state index in [0.29, 0.717) is 0 Å². The normalized spacial score (nSPS) is 16.9. The van der Waals surface area contributed by atoms with Crippen molar-refractivity contribution in [2.75, 3.05) is 33.7 Å². The van der Waals surface area contributed by atoms with Crippen molar-refractivity contribution in [3.05, 3.63) is 34.4 Å². The van der Waals surface area contributed by atoms with Crippen molar-refractivity contribution in [1.82, 2.24) is 15.1 Å². The molecule has 1 unspecified atom stereocenters. The summed E-state index contributed by atoms with van der Waals surface area (Å²) in [7, 11) is 3.83. The van der Waals surface area contributed by atoms with E-state index >= 15 is 0 Å². The molecule has 1 aliphatic rings. The third-order valence-corrected chi connectivity index (χ3v) is 4.14. The summed E-state index contributed by atoms with van der Waals surface area (Å²) in [5.74, 6) is 0. The number of hydrogen-bond donors (Lipinski definition) is 1. The molecule has 20 heavy (non-hydrogen) atoms. The molecule has 110 valence electrons. The minimum Gasteiger partial charge on any atom is -0.326 e. The maximum absolute atomic E-state index is 12.0. The minimum atomic E-state index is 0.132. The number of hydrogen-bond acceptors (Lipinski definition) is 2. The van der Waals surface area contributed by atoms with E-state index in [1.807, 2.05) is 19.0 Å². The van der Waals surface area contributed by atoms with Crippen LogP contribution in [-0.2, 0) is 0 Å². The first kappa shape index (κ1) is 14.9. The highest BCUT2D eigenvalue weighted by molar-refractivity contribution is 5.76. The molecule has 0 aliphatic carbocycles. The molecule has 2 amide bonds. The topological polar surface area (TPSA) is 35.6 Å². The summed E-state index contributed by atoms with van der Waals surface area (Å²) >= 11 is 0. The third-order valence-electron chi connectivity index (χ3n) is 4.14. The van der Waals surface area contributed by atoms with Crippen LogP contribution < -0.4 is 5.32 Å². The lowest BCUT2D eigenvalue weighted by molar-refractivity contribution is 0.194. The Morgan fingerprint density at radius 3 is 2.25 bits per heavy atom. The van der Waals surface area contributed by atoms with Gasteiger partial charge in [-0.3, -0.25) is 0 Å². The highest BCUT2D eigenvalue weighted by atomic mass is 16.2. The van der Waals surface area contributed by atoms with Gasteiger partial charge < -0.3 is 15.1 Å². The third kappa shape index (κ3) is 2.80.